The van der Waals surface area contributed by atoms with Gasteiger partial charge in [-0.25, -0.2) is 9.97 Å². The number of hydrogen-bond donors (Lipinski definition) is 0. The monoisotopic (exact) mass is 384 g/mol. The first-order valence-corrected chi connectivity index (χ1v) is 8.64. The minimum atomic E-state index is -4.57. The van der Waals surface area contributed by atoms with Crippen LogP contribution in [-0.4, -0.2) is 35.1 Å². The fourth-order valence-corrected chi connectivity index (χ4v) is 2.64. The fourth-order valence-electron chi connectivity index (χ4n) is 2.28. The molecule has 1 aromatic carbocycles. The van der Waals surface area contributed by atoms with E-state index in [9.17, 15) is 22.8 Å². The molecule has 1 heterocycles. The molecule has 9 heteroatoms. The van der Waals surface area contributed by atoms with Gasteiger partial charge in [0.1, 0.15) is 0 Å². The van der Waals surface area contributed by atoms with Crippen LogP contribution in [0.3, 0.4) is 0 Å². The third-order valence-electron chi connectivity index (χ3n) is 3.58. The summed E-state index contributed by atoms with van der Waals surface area (Å²) in [6.45, 7) is 0. The summed E-state index contributed by atoms with van der Waals surface area (Å²) in [6.07, 6.45) is -1.74. The van der Waals surface area contributed by atoms with Crippen molar-refractivity contribution >= 4 is 23.5 Å². The summed E-state index contributed by atoms with van der Waals surface area (Å²) in [7, 11) is 1.17. The fraction of sp³-hybridized carbons (Fsp3) is 0.294. The molecule has 0 bridgehead atoms. The standard InChI is InChI=1S/C17H15F3N2O3S/c1-25-14(23)9-12(13-6-7-21-16(22-13)26-2)15(24)10-4-3-5-11(8-10)17(18,19)20/h3-8,12H,9H2,1-2H3. The van der Waals surface area contributed by atoms with Gasteiger partial charge in [0.2, 0.25) is 0 Å². The topological polar surface area (TPSA) is 69.2 Å². The molecule has 1 aromatic heterocycles. The van der Waals surface area contributed by atoms with Gasteiger partial charge < -0.3 is 4.74 Å². The molecule has 1 unspecified atom stereocenters. The van der Waals surface area contributed by atoms with E-state index in [1.807, 2.05) is 0 Å². The molecular weight excluding hydrogens is 369 g/mol. The van der Waals surface area contributed by atoms with Crippen LogP contribution < -0.4 is 0 Å². The van der Waals surface area contributed by atoms with Crippen LogP contribution in [-0.2, 0) is 15.7 Å². The van der Waals surface area contributed by atoms with Crippen molar-refractivity contribution in [2.45, 2.75) is 23.7 Å². The number of hydrogen-bond acceptors (Lipinski definition) is 6. The largest absolute Gasteiger partial charge is 0.469 e. The van der Waals surface area contributed by atoms with Crippen LogP contribution >= 0.6 is 11.8 Å². The van der Waals surface area contributed by atoms with E-state index in [0.29, 0.717) is 5.16 Å². The Balaban J connectivity index is 2.44. The van der Waals surface area contributed by atoms with Crippen LogP contribution in [0.5, 0.6) is 0 Å². The highest BCUT2D eigenvalue weighted by molar-refractivity contribution is 7.98. The molecule has 26 heavy (non-hydrogen) atoms. The Bertz CT molecular complexity index is 812. The zero-order valence-corrected chi connectivity index (χ0v) is 14.7. The van der Waals surface area contributed by atoms with E-state index in [4.69, 9.17) is 0 Å². The first-order chi connectivity index (χ1) is 12.3. The summed E-state index contributed by atoms with van der Waals surface area (Å²) < 4.78 is 43.3. The van der Waals surface area contributed by atoms with E-state index < -0.39 is 29.4 Å². The van der Waals surface area contributed by atoms with E-state index >= 15 is 0 Å². The van der Waals surface area contributed by atoms with Crippen molar-refractivity contribution in [3.8, 4) is 0 Å². The second kappa shape index (κ2) is 8.31. The molecular formula is C17H15F3N2O3S. The van der Waals surface area contributed by atoms with Crippen LogP contribution in [0.15, 0.2) is 41.7 Å². The maximum absolute atomic E-state index is 12.9. The smallest absolute Gasteiger partial charge is 0.416 e. The number of nitrogens with zero attached hydrogens (tertiary/aromatic N) is 2. The third-order valence-corrected chi connectivity index (χ3v) is 4.15. The molecule has 0 saturated carbocycles. The van der Waals surface area contributed by atoms with Gasteiger partial charge >= 0.3 is 12.1 Å². The molecule has 0 saturated heterocycles. The molecule has 0 radical (unpaired) electrons. The van der Waals surface area contributed by atoms with Gasteiger partial charge in [-0.05, 0) is 24.5 Å². The summed E-state index contributed by atoms with van der Waals surface area (Å²) in [5.74, 6) is -2.38. The zero-order valence-electron chi connectivity index (χ0n) is 13.9. The number of alkyl halides is 3. The number of carbonyl (C=O) groups is 2. The van der Waals surface area contributed by atoms with Gasteiger partial charge in [0.15, 0.2) is 10.9 Å². The van der Waals surface area contributed by atoms with Crippen molar-refractivity contribution in [1.29, 1.82) is 0 Å². The molecule has 0 fully saturated rings. The number of methoxy groups -OCH3 is 1. The summed E-state index contributed by atoms with van der Waals surface area (Å²) in [4.78, 5) is 32.7. The molecule has 0 amide bonds. The number of rotatable bonds is 6. The van der Waals surface area contributed by atoms with Gasteiger partial charge in [0.05, 0.1) is 30.7 Å². The van der Waals surface area contributed by atoms with Crippen molar-refractivity contribution in [2.24, 2.45) is 0 Å². The van der Waals surface area contributed by atoms with E-state index in [1.165, 1.54) is 37.2 Å². The first-order valence-electron chi connectivity index (χ1n) is 7.41. The lowest BCUT2D eigenvalue weighted by molar-refractivity contribution is -0.141. The van der Waals surface area contributed by atoms with Gasteiger partial charge in [-0.15, -0.1) is 0 Å². The van der Waals surface area contributed by atoms with Crippen molar-refractivity contribution < 1.29 is 27.5 Å². The predicted octanol–water partition coefficient (Wildman–Crippen LogP) is 3.75. The van der Waals surface area contributed by atoms with Gasteiger partial charge in [-0.2, -0.15) is 13.2 Å². The second-order valence-electron chi connectivity index (χ2n) is 5.24. The van der Waals surface area contributed by atoms with E-state index in [2.05, 4.69) is 14.7 Å². The highest BCUT2D eigenvalue weighted by Crippen LogP contribution is 2.31. The number of ketones is 1. The maximum Gasteiger partial charge on any atom is 0.416 e. The van der Waals surface area contributed by atoms with Crippen LogP contribution in [0, 0.1) is 0 Å². The Morgan fingerprint density at radius 3 is 2.62 bits per heavy atom. The number of halogens is 3. The van der Waals surface area contributed by atoms with Crippen molar-refractivity contribution in [3.05, 3.63) is 53.3 Å². The third kappa shape index (κ3) is 4.81. The molecule has 2 rings (SSSR count). The number of esters is 1. The Kier molecular flexibility index (Phi) is 6.36. The molecule has 0 spiro atoms. The Morgan fingerprint density at radius 1 is 1.27 bits per heavy atom. The number of Topliss-reactive ketones (excluding diaryl/α,β-unsaturated/α-hetero) is 1. The average molecular weight is 384 g/mol. The summed E-state index contributed by atoms with van der Waals surface area (Å²) in [5, 5.41) is 0.384. The molecule has 0 aliphatic carbocycles. The molecule has 0 N–H and O–H groups in total. The molecule has 2 aromatic rings. The number of carbonyl (C=O) groups excluding carboxylic acids is 2. The SMILES string of the molecule is COC(=O)CC(C(=O)c1cccc(C(F)(F)F)c1)c1ccnc(SC)n1. The highest BCUT2D eigenvalue weighted by Gasteiger charge is 2.33. The molecule has 0 aliphatic rings. The van der Waals surface area contributed by atoms with E-state index in [0.717, 1.165) is 18.2 Å². The van der Waals surface area contributed by atoms with Gasteiger partial charge in [-0.1, -0.05) is 23.9 Å². The van der Waals surface area contributed by atoms with Gasteiger partial charge in [-0.3, -0.25) is 9.59 Å². The molecule has 1 atom stereocenters. The van der Waals surface area contributed by atoms with Crippen molar-refractivity contribution in [2.75, 3.05) is 13.4 Å². The Labute approximate surface area is 152 Å². The number of ether oxygens (including phenoxy) is 1. The predicted molar refractivity (Wildman–Crippen MR) is 89.0 cm³/mol. The Morgan fingerprint density at radius 2 is 2.00 bits per heavy atom. The minimum absolute atomic E-state index is 0.155. The second-order valence-corrected chi connectivity index (χ2v) is 6.02. The summed E-state index contributed by atoms with van der Waals surface area (Å²) in [6, 6.07) is 5.53. The van der Waals surface area contributed by atoms with E-state index in [-0.39, 0.29) is 17.7 Å². The van der Waals surface area contributed by atoms with Crippen LogP contribution in [0.2, 0.25) is 0 Å². The highest BCUT2D eigenvalue weighted by atomic mass is 32.2. The summed E-state index contributed by atoms with van der Waals surface area (Å²) >= 11 is 1.24. The number of benzene rings is 1. The average Bonchev–Trinajstić information content (AvgIpc) is 2.64. The van der Waals surface area contributed by atoms with Crippen LogP contribution in [0.4, 0.5) is 13.2 Å². The Hall–Kier alpha value is -2.42. The molecule has 138 valence electrons. The van der Waals surface area contributed by atoms with Crippen LogP contribution in [0.25, 0.3) is 0 Å². The normalized spacial score (nSPS) is 12.5. The molecule has 0 aliphatic heterocycles. The number of aromatic nitrogens is 2. The van der Waals surface area contributed by atoms with Gasteiger partial charge in [0, 0.05) is 11.8 Å². The molecule has 5 nitrogen and oxygen atoms in total. The summed E-state index contributed by atoms with van der Waals surface area (Å²) in [5.41, 5.74) is -0.845. The lowest BCUT2D eigenvalue weighted by Crippen LogP contribution is -2.20. The quantitative estimate of drug-likeness (QED) is 0.327. The van der Waals surface area contributed by atoms with Crippen LogP contribution in [0.1, 0.15) is 34.0 Å². The first kappa shape index (κ1) is 19.9. The van der Waals surface area contributed by atoms with Crippen molar-refractivity contribution in [1.82, 2.24) is 9.97 Å². The minimum Gasteiger partial charge on any atom is -0.469 e. The maximum atomic E-state index is 12.9. The zero-order chi connectivity index (χ0) is 19.3. The lowest BCUT2D eigenvalue weighted by Gasteiger charge is -2.16. The van der Waals surface area contributed by atoms with E-state index in [1.54, 1.807) is 6.26 Å². The lowest BCUT2D eigenvalue weighted by atomic mass is 9.90. The number of thioether (sulfide) groups is 1. The van der Waals surface area contributed by atoms with Crippen molar-refractivity contribution in [3.63, 3.8) is 0 Å². The van der Waals surface area contributed by atoms with Gasteiger partial charge in [0.25, 0.3) is 0 Å².